The summed E-state index contributed by atoms with van der Waals surface area (Å²) in [5.41, 5.74) is 6.58. The van der Waals surface area contributed by atoms with Crippen LogP contribution >= 0.6 is 0 Å². The van der Waals surface area contributed by atoms with Crippen LogP contribution in [0.1, 0.15) is 18.4 Å². The number of esters is 1. The fourth-order valence-electron chi connectivity index (χ4n) is 2.25. The molecule has 1 amide bonds. The number of benzene rings is 1. The zero-order valence-electron chi connectivity index (χ0n) is 12.1. The van der Waals surface area contributed by atoms with Gasteiger partial charge in [0.1, 0.15) is 11.8 Å². The molecule has 0 bridgehead atoms. The molecule has 6 heteroatoms. The summed E-state index contributed by atoms with van der Waals surface area (Å²) < 4.78 is 9.87. The van der Waals surface area contributed by atoms with Crippen LogP contribution in [0.25, 0.3) is 0 Å². The molecule has 0 radical (unpaired) electrons. The van der Waals surface area contributed by atoms with Gasteiger partial charge in [0.25, 0.3) is 0 Å². The van der Waals surface area contributed by atoms with Gasteiger partial charge in [0.05, 0.1) is 7.11 Å². The normalized spacial score (nSPS) is 15.6. The van der Waals surface area contributed by atoms with Crippen LogP contribution in [0.2, 0.25) is 0 Å². The second-order valence-electron chi connectivity index (χ2n) is 5.04. The van der Waals surface area contributed by atoms with Crippen molar-refractivity contribution < 1.29 is 19.1 Å². The molecule has 1 aliphatic heterocycles. The number of likely N-dealkylation sites (tertiary alicyclic amines) is 1. The number of hydrogen-bond donors (Lipinski definition) is 1. The second-order valence-corrected chi connectivity index (χ2v) is 5.04. The molecule has 1 aliphatic rings. The lowest BCUT2D eigenvalue weighted by atomic mass is 10.1. The van der Waals surface area contributed by atoms with Crippen LogP contribution < -0.4 is 10.5 Å². The standard InChI is InChI=1S/C15H20N2O4/c1-20-14(18)13(16)10-11-4-6-12(7-5-11)21-15(19)17-8-2-3-9-17/h4-7,13H,2-3,8-10,16H2,1H3/t13-/m0/s1. The highest BCUT2D eigenvalue weighted by molar-refractivity contribution is 5.75. The van der Waals surface area contributed by atoms with Crippen LogP contribution in [0.5, 0.6) is 5.75 Å². The highest BCUT2D eigenvalue weighted by Crippen LogP contribution is 2.16. The molecule has 114 valence electrons. The molecular formula is C15H20N2O4. The predicted octanol–water partition coefficient (Wildman–Crippen LogP) is 1.32. The van der Waals surface area contributed by atoms with E-state index in [1.54, 1.807) is 29.2 Å². The van der Waals surface area contributed by atoms with Crippen molar-refractivity contribution in [3.05, 3.63) is 29.8 Å². The first-order chi connectivity index (χ1) is 10.1. The van der Waals surface area contributed by atoms with Gasteiger partial charge < -0.3 is 20.1 Å². The van der Waals surface area contributed by atoms with E-state index < -0.39 is 12.0 Å². The topological polar surface area (TPSA) is 81.9 Å². The third-order valence-corrected chi connectivity index (χ3v) is 3.45. The largest absolute Gasteiger partial charge is 0.468 e. The summed E-state index contributed by atoms with van der Waals surface area (Å²) in [7, 11) is 1.31. The van der Waals surface area contributed by atoms with Crippen molar-refractivity contribution in [1.29, 1.82) is 0 Å². The first kappa shape index (κ1) is 15.3. The Kier molecular flexibility index (Phi) is 5.16. The van der Waals surface area contributed by atoms with E-state index in [1.165, 1.54) is 7.11 Å². The molecule has 1 atom stereocenters. The number of methoxy groups -OCH3 is 1. The number of nitrogens with two attached hydrogens (primary N) is 1. The lowest BCUT2D eigenvalue weighted by Crippen LogP contribution is -2.33. The zero-order valence-corrected chi connectivity index (χ0v) is 12.1. The van der Waals surface area contributed by atoms with E-state index in [0.717, 1.165) is 31.5 Å². The molecule has 1 fully saturated rings. The fraction of sp³-hybridized carbons (Fsp3) is 0.467. The Labute approximate surface area is 123 Å². The van der Waals surface area contributed by atoms with E-state index in [4.69, 9.17) is 10.5 Å². The number of nitrogens with zero attached hydrogens (tertiary/aromatic N) is 1. The first-order valence-electron chi connectivity index (χ1n) is 6.99. The third-order valence-electron chi connectivity index (χ3n) is 3.45. The Morgan fingerprint density at radius 3 is 2.43 bits per heavy atom. The maximum atomic E-state index is 11.8. The Balaban J connectivity index is 1.89. The van der Waals surface area contributed by atoms with Crippen LogP contribution in [-0.2, 0) is 16.0 Å². The van der Waals surface area contributed by atoms with Crippen molar-refractivity contribution in [1.82, 2.24) is 4.90 Å². The predicted molar refractivity (Wildman–Crippen MR) is 77.0 cm³/mol. The summed E-state index contributed by atoms with van der Waals surface area (Å²) >= 11 is 0. The molecule has 1 aromatic carbocycles. The van der Waals surface area contributed by atoms with Crippen LogP contribution in [0.4, 0.5) is 4.79 Å². The average molecular weight is 292 g/mol. The molecule has 0 aromatic heterocycles. The molecule has 0 aliphatic carbocycles. The Morgan fingerprint density at radius 1 is 1.24 bits per heavy atom. The molecule has 21 heavy (non-hydrogen) atoms. The summed E-state index contributed by atoms with van der Waals surface area (Å²) in [6.45, 7) is 1.51. The number of hydrogen-bond acceptors (Lipinski definition) is 5. The van der Waals surface area contributed by atoms with Gasteiger partial charge in [-0.3, -0.25) is 4.79 Å². The van der Waals surface area contributed by atoms with Gasteiger partial charge in [0.2, 0.25) is 0 Å². The van der Waals surface area contributed by atoms with Gasteiger partial charge in [-0.1, -0.05) is 12.1 Å². The van der Waals surface area contributed by atoms with Crippen LogP contribution in [-0.4, -0.2) is 43.2 Å². The van der Waals surface area contributed by atoms with Crippen molar-refractivity contribution >= 4 is 12.1 Å². The summed E-state index contributed by atoms with van der Waals surface area (Å²) in [4.78, 5) is 24.8. The van der Waals surface area contributed by atoms with Gasteiger partial charge in [-0.2, -0.15) is 0 Å². The maximum Gasteiger partial charge on any atom is 0.415 e. The van der Waals surface area contributed by atoms with Gasteiger partial charge in [-0.05, 0) is 37.0 Å². The maximum absolute atomic E-state index is 11.8. The van der Waals surface area contributed by atoms with Gasteiger partial charge in [0, 0.05) is 13.1 Å². The molecule has 2 N–H and O–H groups in total. The third kappa shape index (κ3) is 4.19. The quantitative estimate of drug-likeness (QED) is 0.846. The smallest absolute Gasteiger partial charge is 0.415 e. The molecule has 0 saturated carbocycles. The number of ether oxygens (including phenoxy) is 2. The van der Waals surface area contributed by atoms with Gasteiger partial charge >= 0.3 is 12.1 Å². The van der Waals surface area contributed by atoms with Crippen molar-refractivity contribution in [2.45, 2.75) is 25.3 Å². The van der Waals surface area contributed by atoms with Gasteiger partial charge in [0.15, 0.2) is 0 Å². The van der Waals surface area contributed by atoms with Crippen molar-refractivity contribution in [3.8, 4) is 5.75 Å². The van der Waals surface area contributed by atoms with Crippen molar-refractivity contribution in [3.63, 3.8) is 0 Å². The van der Waals surface area contributed by atoms with E-state index in [-0.39, 0.29) is 6.09 Å². The minimum Gasteiger partial charge on any atom is -0.468 e. The van der Waals surface area contributed by atoms with Crippen molar-refractivity contribution in [2.75, 3.05) is 20.2 Å². The van der Waals surface area contributed by atoms with Crippen LogP contribution in [0, 0.1) is 0 Å². The lowest BCUT2D eigenvalue weighted by molar-refractivity contribution is -0.142. The highest BCUT2D eigenvalue weighted by Gasteiger charge is 2.20. The highest BCUT2D eigenvalue weighted by atomic mass is 16.6. The van der Waals surface area contributed by atoms with E-state index in [0.29, 0.717) is 12.2 Å². The van der Waals surface area contributed by atoms with Gasteiger partial charge in [-0.25, -0.2) is 4.79 Å². The monoisotopic (exact) mass is 292 g/mol. The van der Waals surface area contributed by atoms with Crippen LogP contribution in [0.3, 0.4) is 0 Å². The summed E-state index contributed by atoms with van der Waals surface area (Å²) in [6.07, 6.45) is 2.12. The Bertz CT molecular complexity index is 495. The van der Waals surface area contributed by atoms with Crippen LogP contribution in [0.15, 0.2) is 24.3 Å². The number of carbonyl (C=O) groups excluding carboxylic acids is 2. The number of carbonyl (C=O) groups is 2. The Hall–Kier alpha value is -2.08. The van der Waals surface area contributed by atoms with E-state index in [9.17, 15) is 9.59 Å². The molecule has 1 aromatic rings. The molecule has 0 spiro atoms. The second kappa shape index (κ2) is 7.08. The fourth-order valence-corrected chi connectivity index (χ4v) is 2.25. The summed E-state index contributed by atoms with van der Waals surface area (Å²) in [6, 6.07) is 6.29. The molecular weight excluding hydrogens is 272 g/mol. The molecule has 2 rings (SSSR count). The summed E-state index contributed by atoms with van der Waals surface area (Å²) in [5.74, 6) is 0.0434. The van der Waals surface area contributed by atoms with Gasteiger partial charge in [-0.15, -0.1) is 0 Å². The first-order valence-corrected chi connectivity index (χ1v) is 6.99. The SMILES string of the molecule is COC(=O)[C@@H](N)Cc1ccc(OC(=O)N2CCCC2)cc1. The molecule has 1 saturated heterocycles. The minimum absolute atomic E-state index is 0.313. The molecule has 1 heterocycles. The van der Waals surface area contributed by atoms with E-state index in [2.05, 4.69) is 4.74 Å². The Morgan fingerprint density at radius 2 is 1.86 bits per heavy atom. The number of amides is 1. The van der Waals surface area contributed by atoms with Crippen molar-refractivity contribution in [2.24, 2.45) is 5.73 Å². The minimum atomic E-state index is -0.687. The molecule has 6 nitrogen and oxygen atoms in total. The zero-order chi connectivity index (χ0) is 15.2. The summed E-state index contributed by atoms with van der Waals surface area (Å²) in [5, 5.41) is 0. The molecule has 0 unspecified atom stereocenters. The van der Waals surface area contributed by atoms with E-state index in [1.807, 2.05) is 0 Å². The lowest BCUT2D eigenvalue weighted by Gasteiger charge is -2.15. The van der Waals surface area contributed by atoms with E-state index >= 15 is 0 Å². The number of rotatable bonds is 4. The average Bonchev–Trinajstić information content (AvgIpc) is 3.02.